The second-order valence-corrected chi connectivity index (χ2v) is 5.87. The average Bonchev–Trinajstić information content (AvgIpc) is 2.69. The lowest BCUT2D eigenvalue weighted by Crippen LogP contribution is -2.31. The van der Waals surface area contributed by atoms with Crippen LogP contribution in [0.25, 0.3) is 0 Å². The zero-order valence-electron chi connectivity index (χ0n) is 11.1. The van der Waals surface area contributed by atoms with Crippen molar-refractivity contribution in [2.45, 2.75) is 46.1 Å². The minimum atomic E-state index is 0.361. The summed E-state index contributed by atoms with van der Waals surface area (Å²) in [6, 6.07) is 6.23. The number of hydrogen-bond acceptors (Lipinski definition) is 2. The third kappa shape index (κ3) is 2.81. The van der Waals surface area contributed by atoms with Crippen molar-refractivity contribution in [1.82, 2.24) is 5.32 Å². The second-order valence-electron chi connectivity index (χ2n) is 5.87. The predicted molar refractivity (Wildman–Crippen MR) is 71.2 cm³/mol. The van der Waals surface area contributed by atoms with Crippen LogP contribution in [-0.2, 0) is 6.42 Å². The quantitative estimate of drug-likeness (QED) is 0.835. The van der Waals surface area contributed by atoms with Gasteiger partial charge in [-0.1, -0.05) is 26.8 Å². The van der Waals surface area contributed by atoms with E-state index in [0.29, 0.717) is 17.2 Å². The number of nitrogens with one attached hydrogen (secondary N) is 1. The topological polar surface area (TPSA) is 32.3 Å². The molecule has 0 saturated carbocycles. The summed E-state index contributed by atoms with van der Waals surface area (Å²) in [5.41, 5.74) is 3.03. The molecule has 0 amide bonds. The Balaban J connectivity index is 2.03. The van der Waals surface area contributed by atoms with Crippen molar-refractivity contribution in [2.24, 2.45) is 5.41 Å². The molecule has 0 aromatic heterocycles. The number of benzene rings is 1. The van der Waals surface area contributed by atoms with E-state index in [1.807, 2.05) is 6.07 Å². The Morgan fingerprint density at radius 1 is 1.41 bits per heavy atom. The number of hydrogen-bond donors (Lipinski definition) is 2. The molecule has 1 atom stereocenters. The molecule has 0 bridgehead atoms. The second kappa shape index (κ2) is 4.69. The minimum absolute atomic E-state index is 0.361. The van der Waals surface area contributed by atoms with E-state index in [4.69, 9.17) is 0 Å². The molecule has 2 heteroatoms. The number of phenolic OH excluding ortho intramolecular Hbond substituents is 1. The van der Waals surface area contributed by atoms with Crippen LogP contribution in [-0.4, -0.2) is 11.7 Å². The molecular weight excluding hydrogens is 210 g/mol. The van der Waals surface area contributed by atoms with Crippen LogP contribution in [0.1, 0.15) is 50.8 Å². The standard InChI is InChI=1S/C15H23NO/c1-4-15(2,3)10-16-14-8-5-11-9-12(17)6-7-13(11)14/h6-7,9,14,16-17H,4-5,8,10H2,1-3H3. The van der Waals surface area contributed by atoms with Crippen molar-refractivity contribution in [3.63, 3.8) is 0 Å². The molecule has 1 aromatic rings. The van der Waals surface area contributed by atoms with Crippen molar-refractivity contribution >= 4 is 0 Å². The molecule has 2 rings (SSSR count). The highest BCUT2D eigenvalue weighted by atomic mass is 16.3. The fourth-order valence-corrected chi connectivity index (χ4v) is 2.34. The molecular formula is C15H23NO. The van der Waals surface area contributed by atoms with Gasteiger partial charge in [-0.2, -0.15) is 0 Å². The molecule has 17 heavy (non-hydrogen) atoms. The van der Waals surface area contributed by atoms with E-state index in [9.17, 15) is 5.11 Å². The smallest absolute Gasteiger partial charge is 0.115 e. The van der Waals surface area contributed by atoms with Crippen molar-refractivity contribution < 1.29 is 5.11 Å². The number of rotatable bonds is 4. The van der Waals surface area contributed by atoms with Crippen molar-refractivity contribution in [1.29, 1.82) is 0 Å². The lowest BCUT2D eigenvalue weighted by Gasteiger charge is -2.26. The number of fused-ring (bicyclic) bond motifs is 1. The van der Waals surface area contributed by atoms with Gasteiger partial charge in [0, 0.05) is 12.6 Å². The van der Waals surface area contributed by atoms with Gasteiger partial charge >= 0.3 is 0 Å². The van der Waals surface area contributed by atoms with Crippen LogP contribution in [0.3, 0.4) is 0 Å². The number of aryl methyl sites for hydroxylation is 1. The van der Waals surface area contributed by atoms with Crippen LogP contribution in [0.15, 0.2) is 18.2 Å². The summed E-state index contributed by atoms with van der Waals surface area (Å²) in [5.74, 6) is 0.387. The van der Waals surface area contributed by atoms with E-state index >= 15 is 0 Å². The Kier molecular flexibility index (Phi) is 3.43. The molecule has 2 N–H and O–H groups in total. The Hall–Kier alpha value is -1.02. The lowest BCUT2D eigenvalue weighted by molar-refractivity contribution is 0.309. The first-order valence-electron chi connectivity index (χ1n) is 6.57. The first-order chi connectivity index (χ1) is 8.02. The highest BCUT2D eigenvalue weighted by Gasteiger charge is 2.24. The summed E-state index contributed by atoms with van der Waals surface area (Å²) in [6.07, 6.45) is 3.42. The van der Waals surface area contributed by atoms with Crippen molar-refractivity contribution in [2.75, 3.05) is 6.54 Å². The van der Waals surface area contributed by atoms with Gasteiger partial charge in [-0.25, -0.2) is 0 Å². The van der Waals surface area contributed by atoms with E-state index in [1.54, 1.807) is 6.07 Å². The maximum absolute atomic E-state index is 9.46. The van der Waals surface area contributed by atoms with Gasteiger partial charge in [0.1, 0.15) is 5.75 Å². The molecule has 0 radical (unpaired) electrons. The molecule has 2 nitrogen and oxygen atoms in total. The Labute approximate surface area is 104 Å². The third-order valence-corrected chi connectivity index (χ3v) is 3.99. The highest BCUT2D eigenvalue weighted by Crippen LogP contribution is 2.33. The van der Waals surface area contributed by atoms with E-state index in [1.165, 1.54) is 17.5 Å². The van der Waals surface area contributed by atoms with Gasteiger partial charge in [-0.05, 0) is 47.9 Å². The van der Waals surface area contributed by atoms with Crippen LogP contribution in [0, 0.1) is 5.41 Å². The Morgan fingerprint density at radius 3 is 2.88 bits per heavy atom. The van der Waals surface area contributed by atoms with Crippen molar-refractivity contribution in [3.8, 4) is 5.75 Å². The lowest BCUT2D eigenvalue weighted by atomic mass is 9.90. The van der Waals surface area contributed by atoms with Crippen molar-refractivity contribution in [3.05, 3.63) is 29.3 Å². The number of phenols is 1. The van der Waals surface area contributed by atoms with Gasteiger partial charge in [0.15, 0.2) is 0 Å². The fourth-order valence-electron chi connectivity index (χ4n) is 2.34. The Bertz CT molecular complexity index is 398. The first kappa shape index (κ1) is 12.4. The predicted octanol–water partition coefficient (Wildman–Crippen LogP) is 3.41. The van der Waals surface area contributed by atoms with Crippen LogP contribution < -0.4 is 5.32 Å². The minimum Gasteiger partial charge on any atom is -0.508 e. The van der Waals surface area contributed by atoms with Gasteiger partial charge in [-0.15, -0.1) is 0 Å². The third-order valence-electron chi connectivity index (χ3n) is 3.99. The van der Waals surface area contributed by atoms with Gasteiger partial charge in [0.25, 0.3) is 0 Å². The van der Waals surface area contributed by atoms with E-state index in [0.717, 1.165) is 19.4 Å². The molecule has 0 saturated heterocycles. The molecule has 1 aliphatic carbocycles. The summed E-state index contributed by atoms with van der Waals surface area (Å²) in [7, 11) is 0. The first-order valence-corrected chi connectivity index (χ1v) is 6.57. The average molecular weight is 233 g/mol. The fraction of sp³-hybridized carbons (Fsp3) is 0.600. The molecule has 1 unspecified atom stereocenters. The van der Waals surface area contributed by atoms with E-state index in [2.05, 4.69) is 32.2 Å². The SMILES string of the molecule is CCC(C)(C)CNC1CCc2cc(O)ccc21. The number of aromatic hydroxyl groups is 1. The van der Waals surface area contributed by atoms with E-state index < -0.39 is 0 Å². The molecule has 0 spiro atoms. The summed E-state index contributed by atoms with van der Waals surface area (Å²) >= 11 is 0. The van der Waals surface area contributed by atoms with Crippen LogP contribution in [0.5, 0.6) is 5.75 Å². The molecule has 1 aromatic carbocycles. The highest BCUT2D eigenvalue weighted by molar-refractivity contribution is 5.40. The largest absolute Gasteiger partial charge is 0.508 e. The van der Waals surface area contributed by atoms with Gasteiger partial charge in [0.05, 0.1) is 0 Å². The van der Waals surface area contributed by atoms with Crippen LogP contribution >= 0.6 is 0 Å². The van der Waals surface area contributed by atoms with Gasteiger partial charge < -0.3 is 10.4 Å². The molecule has 0 heterocycles. The summed E-state index contributed by atoms with van der Waals surface area (Å²) < 4.78 is 0. The zero-order valence-corrected chi connectivity index (χ0v) is 11.1. The maximum Gasteiger partial charge on any atom is 0.115 e. The van der Waals surface area contributed by atoms with E-state index in [-0.39, 0.29) is 0 Å². The summed E-state index contributed by atoms with van der Waals surface area (Å²) in [4.78, 5) is 0. The monoisotopic (exact) mass is 233 g/mol. The summed E-state index contributed by atoms with van der Waals surface area (Å²) in [6.45, 7) is 7.89. The molecule has 1 aliphatic rings. The van der Waals surface area contributed by atoms with Gasteiger partial charge in [-0.3, -0.25) is 0 Å². The normalized spacial score (nSPS) is 19.4. The van der Waals surface area contributed by atoms with Gasteiger partial charge in [0.2, 0.25) is 0 Å². The van der Waals surface area contributed by atoms with Crippen LogP contribution in [0.2, 0.25) is 0 Å². The maximum atomic E-state index is 9.46. The Morgan fingerprint density at radius 2 is 2.18 bits per heavy atom. The van der Waals surface area contributed by atoms with Crippen LogP contribution in [0.4, 0.5) is 0 Å². The molecule has 0 fully saturated rings. The summed E-state index contributed by atoms with van der Waals surface area (Å²) in [5, 5.41) is 13.1. The zero-order chi connectivity index (χ0) is 12.5. The molecule has 94 valence electrons. The molecule has 0 aliphatic heterocycles.